The van der Waals surface area contributed by atoms with E-state index >= 15 is 0 Å². The Balaban J connectivity index is 1.80. The first-order chi connectivity index (χ1) is 9.24. The molecular formula is C14H20N2O2S. The largest absolute Gasteiger partial charge is 0.486 e. The summed E-state index contributed by atoms with van der Waals surface area (Å²) in [4.78, 5) is 2.48. The lowest BCUT2D eigenvalue weighted by atomic mass is 10.1. The minimum atomic E-state index is 0.603. The third-order valence-corrected chi connectivity index (χ3v) is 4.87. The van der Waals surface area contributed by atoms with Crippen molar-refractivity contribution in [2.24, 2.45) is 0 Å². The zero-order valence-electron chi connectivity index (χ0n) is 11.2. The fraction of sp³-hybridized carbons (Fsp3) is 0.571. The molecule has 2 aliphatic heterocycles. The van der Waals surface area contributed by atoms with Gasteiger partial charge in [-0.25, -0.2) is 0 Å². The van der Waals surface area contributed by atoms with Crippen molar-refractivity contribution in [3.63, 3.8) is 0 Å². The summed E-state index contributed by atoms with van der Waals surface area (Å²) in [5.41, 5.74) is 8.08. The van der Waals surface area contributed by atoms with Gasteiger partial charge in [0.2, 0.25) is 0 Å². The van der Waals surface area contributed by atoms with E-state index in [4.69, 9.17) is 15.2 Å². The Morgan fingerprint density at radius 1 is 1.32 bits per heavy atom. The van der Waals surface area contributed by atoms with Crippen LogP contribution < -0.4 is 15.2 Å². The third-order valence-electron chi connectivity index (χ3n) is 3.68. The molecule has 0 aromatic heterocycles. The van der Waals surface area contributed by atoms with Gasteiger partial charge in [-0.3, -0.25) is 4.90 Å². The quantitative estimate of drug-likeness (QED) is 0.839. The van der Waals surface area contributed by atoms with Gasteiger partial charge in [0, 0.05) is 42.4 Å². The molecule has 2 N–H and O–H groups in total. The number of nitrogen functional groups attached to an aromatic ring is 1. The van der Waals surface area contributed by atoms with E-state index in [9.17, 15) is 0 Å². The molecule has 1 saturated heterocycles. The van der Waals surface area contributed by atoms with E-state index < -0.39 is 0 Å². The summed E-state index contributed by atoms with van der Waals surface area (Å²) in [6.07, 6.45) is 0. The highest BCUT2D eigenvalue weighted by Crippen LogP contribution is 2.35. The first kappa shape index (κ1) is 12.9. The molecule has 0 aliphatic carbocycles. The second-order valence-electron chi connectivity index (χ2n) is 5.09. The summed E-state index contributed by atoms with van der Waals surface area (Å²) in [5.74, 6) is 4.00. The number of hydrogen-bond donors (Lipinski definition) is 1. The molecule has 0 spiro atoms. The molecule has 3 rings (SSSR count). The fourth-order valence-electron chi connectivity index (χ4n) is 2.50. The Hall–Kier alpha value is -1.07. The van der Waals surface area contributed by atoms with Crippen LogP contribution in [0.4, 0.5) is 5.69 Å². The topological polar surface area (TPSA) is 47.7 Å². The van der Waals surface area contributed by atoms with Gasteiger partial charge >= 0.3 is 0 Å². The van der Waals surface area contributed by atoms with Crippen LogP contribution in [0.3, 0.4) is 0 Å². The molecule has 104 valence electrons. The Bertz CT molecular complexity index is 467. The maximum atomic E-state index is 6.14. The monoisotopic (exact) mass is 280 g/mol. The zero-order chi connectivity index (χ0) is 13.2. The lowest BCUT2D eigenvalue weighted by molar-refractivity contribution is 0.171. The molecule has 1 aromatic rings. The number of rotatable bonds is 2. The molecule has 0 saturated carbocycles. The third kappa shape index (κ3) is 2.77. The first-order valence-electron chi connectivity index (χ1n) is 6.74. The molecule has 19 heavy (non-hydrogen) atoms. The Morgan fingerprint density at radius 2 is 2.05 bits per heavy atom. The number of fused-ring (bicyclic) bond motifs is 1. The lowest BCUT2D eigenvalue weighted by Gasteiger charge is -2.33. The van der Waals surface area contributed by atoms with E-state index in [1.54, 1.807) is 0 Å². The van der Waals surface area contributed by atoms with Crippen molar-refractivity contribution < 1.29 is 9.47 Å². The smallest absolute Gasteiger partial charge is 0.163 e. The summed E-state index contributed by atoms with van der Waals surface area (Å²) in [5, 5.41) is 0. The number of hydrogen-bond acceptors (Lipinski definition) is 5. The zero-order valence-corrected chi connectivity index (χ0v) is 12.0. The average molecular weight is 280 g/mol. The van der Waals surface area contributed by atoms with Crippen LogP contribution in [0.5, 0.6) is 11.5 Å². The number of anilines is 1. The maximum Gasteiger partial charge on any atom is 0.163 e. The van der Waals surface area contributed by atoms with Crippen molar-refractivity contribution in [1.82, 2.24) is 4.90 Å². The van der Waals surface area contributed by atoms with Crippen molar-refractivity contribution >= 4 is 17.4 Å². The van der Waals surface area contributed by atoms with Crippen LogP contribution in [0, 0.1) is 0 Å². The van der Waals surface area contributed by atoms with E-state index in [-0.39, 0.29) is 0 Å². The highest BCUT2D eigenvalue weighted by Gasteiger charge is 2.21. The van der Waals surface area contributed by atoms with E-state index in [1.165, 1.54) is 11.5 Å². The van der Waals surface area contributed by atoms with E-state index in [2.05, 4.69) is 11.8 Å². The Labute approximate surface area is 118 Å². The minimum Gasteiger partial charge on any atom is -0.486 e. The van der Waals surface area contributed by atoms with Crippen molar-refractivity contribution in [2.45, 2.75) is 19.5 Å². The van der Waals surface area contributed by atoms with Gasteiger partial charge in [-0.05, 0) is 18.6 Å². The SMILES string of the molecule is CC1CSCCN1Cc1cc2c(cc1N)OCCO2. The van der Waals surface area contributed by atoms with Gasteiger partial charge < -0.3 is 15.2 Å². The van der Waals surface area contributed by atoms with E-state index in [0.717, 1.165) is 35.8 Å². The fourth-order valence-corrected chi connectivity index (χ4v) is 3.58. The minimum absolute atomic E-state index is 0.603. The normalized spacial score (nSPS) is 23.3. The molecule has 1 aromatic carbocycles. The molecule has 1 unspecified atom stereocenters. The molecule has 2 heterocycles. The van der Waals surface area contributed by atoms with Gasteiger partial charge in [-0.15, -0.1) is 0 Å². The van der Waals surface area contributed by atoms with Crippen molar-refractivity contribution in [3.8, 4) is 11.5 Å². The highest BCUT2D eigenvalue weighted by atomic mass is 32.2. The second-order valence-corrected chi connectivity index (χ2v) is 6.24. The second kappa shape index (κ2) is 5.51. The molecule has 0 bridgehead atoms. The van der Waals surface area contributed by atoms with Crippen LogP contribution in [0.1, 0.15) is 12.5 Å². The van der Waals surface area contributed by atoms with Crippen LogP contribution in [0.2, 0.25) is 0 Å². The van der Waals surface area contributed by atoms with E-state index in [0.29, 0.717) is 19.3 Å². The van der Waals surface area contributed by atoms with Crippen LogP contribution in [-0.2, 0) is 6.54 Å². The number of ether oxygens (including phenoxy) is 2. The summed E-state index contributed by atoms with van der Waals surface area (Å²) >= 11 is 2.03. The Kier molecular flexibility index (Phi) is 3.75. The van der Waals surface area contributed by atoms with Gasteiger partial charge in [0.15, 0.2) is 11.5 Å². The van der Waals surface area contributed by atoms with Gasteiger partial charge in [0.25, 0.3) is 0 Å². The molecule has 2 aliphatic rings. The molecule has 1 atom stereocenters. The Morgan fingerprint density at radius 3 is 2.79 bits per heavy atom. The molecule has 4 nitrogen and oxygen atoms in total. The molecule has 5 heteroatoms. The molecule has 0 amide bonds. The van der Waals surface area contributed by atoms with Crippen molar-refractivity contribution in [2.75, 3.05) is 37.0 Å². The standard InChI is InChI=1S/C14H20N2O2S/c1-10-9-19-5-2-16(10)8-11-6-13-14(7-12(11)15)18-4-3-17-13/h6-7,10H,2-5,8-9,15H2,1H3. The number of thioether (sulfide) groups is 1. The van der Waals surface area contributed by atoms with Crippen molar-refractivity contribution in [3.05, 3.63) is 17.7 Å². The highest BCUT2D eigenvalue weighted by molar-refractivity contribution is 7.99. The van der Waals surface area contributed by atoms with Crippen LogP contribution >= 0.6 is 11.8 Å². The maximum absolute atomic E-state index is 6.14. The predicted octanol–water partition coefficient (Wildman–Crippen LogP) is 1.98. The van der Waals surface area contributed by atoms with Crippen LogP contribution in [0.25, 0.3) is 0 Å². The van der Waals surface area contributed by atoms with Crippen LogP contribution in [0.15, 0.2) is 12.1 Å². The molecule has 0 radical (unpaired) electrons. The lowest BCUT2D eigenvalue weighted by Crippen LogP contribution is -2.39. The first-order valence-corrected chi connectivity index (χ1v) is 7.89. The predicted molar refractivity (Wildman–Crippen MR) is 79.0 cm³/mol. The average Bonchev–Trinajstić information content (AvgIpc) is 2.42. The molecular weight excluding hydrogens is 260 g/mol. The summed E-state index contributed by atoms with van der Waals surface area (Å²) in [6.45, 7) is 5.52. The van der Waals surface area contributed by atoms with Gasteiger partial charge in [0.05, 0.1) is 0 Å². The number of nitrogens with zero attached hydrogens (tertiary/aromatic N) is 1. The van der Waals surface area contributed by atoms with Gasteiger partial charge in [-0.1, -0.05) is 0 Å². The molecule has 1 fully saturated rings. The number of benzene rings is 1. The van der Waals surface area contributed by atoms with Gasteiger partial charge in [0.1, 0.15) is 13.2 Å². The summed E-state index contributed by atoms with van der Waals surface area (Å²) in [6, 6.07) is 4.54. The van der Waals surface area contributed by atoms with Gasteiger partial charge in [-0.2, -0.15) is 11.8 Å². The van der Waals surface area contributed by atoms with Crippen LogP contribution in [-0.4, -0.2) is 42.2 Å². The number of nitrogens with two attached hydrogens (primary N) is 1. The summed E-state index contributed by atoms with van der Waals surface area (Å²) < 4.78 is 11.2. The van der Waals surface area contributed by atoms with E-state index in [1.807, 2.05) is 23.9 Å². The summed E-state index contributed by atoms with van der Waals surface area (Å²) in [7, 11) is 0. The van der Waals surface area contributed by atoms with Crippen molar-refractivity contribution in [1.29, 1.82) is 0 Å².